The molecule has 0 saturated heterocycles. The number of fused-ring (bicyclic) bond motifs is 5. The Balaban J connectivity index is 1.45. The number of Topliss-reactive ketones (excluding diaryl/α,β-unsaturated/α-hetero) is 2. The van der Waals surface area contributed by atoms with E-state index in [1.807, 2.05) is 83.2 Å². The molecule has 1 N–H and O–H groups in total. The highest BCUT2D eigenvalue weighted by Gasteiger charge is 2.69. The molecule has 13 heteroatoms. The molecular weight excluding hydrogens is 736 g/mol. The SMILES string of the molecule is CN(C)[C@@H]1c2onc(OCc3ccccc3)c2C(=O)[C@@]2(O[Si](C)(C)C(C)(C)C)C(=O)C3=C(O)c4c(cc5ccc(F)cc5c4OC(=O)OC(C)(C)C)C[C@H]3C[C@@H]12. The van der Waals surface area contributed by atoms with E-state index in [2.05, 4.69) is 5.16 Å². The van der Waals surface area contributed by atoms with Gasteiger partial charge in [0.1, 0.15) is 29.3 Å². The van der Waals surface area contributed by atoms with Crippen LogP contribution in [0.15, 0.2) is 64.7 Å². The summed E-state index contributed by atoms with van der Waals surface area (Å²) in [5.41, 5.74) is -1.56. The van der Waals surface area contributed by atoms with Crippen molar-refractivity contribution in [2.75, 3.05) is 14.1 Å². The van der Waals surface area contributed by atoms with Crippen LogP contribution in [0.5, 0.6) is 11.6 Å². The van der Waals surface area contributed by atoms with Gasteiger partial charge < -0.3 is 28.3 Å². The van der Waals surface area contributed by atoms with Crippen LogP contribution in [0.4, 0.5) is 9.18 Å². The first-order chi connectivity index (χ1) is 26.1. The fraction of sp³-hybridized carbons (Fsp3) is 0.442. The quantitative estimate of drug-likeness (QED) is 0.0831. The van der Waals surface area contributed by atoms with E-state index >= 15 is 9.59 Å². The summed E-state index contributed by atoms with van der Waals surface area (Å²) < 4.78 is 45.4. The molecule has 1 saturated carbocycles. The topological polar surface area (TPSA) is 138 Å². The molecule has 296 valence electrons. The van der Waals surface area contributed by atoms with Gasteiger partial charge in [-0.15, -0.1) is 0 Å². The van der Waals surface area contributed by atoms with Gasteiger partial charge in [-0.05, 0) is 106 Å². The van der Waals surface area contributed by atoms with Crippen molar-refractivity contribution in [1.29, 1.82) is 0 Å². The lowest BCUT2D eigenvalue weighted by atomic mass is 9.57. The fourth-order valence-corrected chi connectivity index (χ4v) is 9.58. The predicted molar refractivity (Wildman–Crippen MR) is 210 cm³/mol. The zero-order valence-corrected chi connectivity index (χ0v) is 34.5. The van der Waals surface area contributed by atoms with Gasteiger partial charge in [-0.3, -0.25) is 14.5 Å². The first-order valence-electron chi connectivity index (χ1n) is 18.9. The Kier molecular flexibility index (Phi) is 9.61. The van der Waals surface area contributed by atoms with Crippen LogP contribution in [0.1, 0.15) is 86.8 Å². The van der Waals surface area contributed by atoms with E-state index < -0.39 is 71.7 Å². The first kappa shape index (κ1) is 39.4. The van der Waals surface area contributed by atoms with Crippen LogP contribution in [0.25, 0.3) is 16.5 Å². The molecule has 0 bridgehead atoms. The van der Waals surface area contributed by atoms with Gasteiger partial charge in [0, 0.05) is 16.9 Å². The van der Waals surface area contributed by atoms with Crippen LogP contribution in [-0.2, 0) is 27.0 Å². The Bertz CT molecular complexity index is 2290. The monoisotopic (exact) mass is 784 g/mol. The molecule has 3 aliphatic carbocycles. The van der Waals surface area contributed by atoms with Crippen LogP contribution in [-0.4, -0.2) is 66.5 Å². The summed E-state index contributed by atoms with van der Waals surface area (Å²) in [6.07, 6.45) is -0.574. The summed E-state index contributed by atoms with van der Waals surface area (Å²) in [5.74, 6) is -3.65. The average molecular weight is 785 g/mol. The number of carbonyl (C=O) groups excluding carboxylic acids is 3. The van der Waals surface area contributed by atoms with Crippen molar-refractivity contribution in [3.63, 3.8) is 0 Å². The van der Waals surface area contributed by atoms with Gasteiger partial charge in [0.25, 0.3) is 5.88 Å². The number of hydrogen-bond acceptors (Lipinski definition) is 11. The molecule has 1 fully saturated rings. The molecule has 0 radical (unpaired) electrons. The van der Waals surface area contributed by atoms with E-state index in [9.17, 15) is 14.3 Å². The third-order valence-electron chi connectivity index (χ3n) is 11.6. The lowest BCUT2D eigenvalue weighted by molar-refractivity contribution is -0.140. The second kappa shape index (κ2) is 13.7. The second-order valence-corrected chi connectivity index (χ2v) is 22.6. The molecule has 56 heavy (non-hydrogen) atoms. The number of benzene rings is 3. The Hall–Kier alpha value is -4.85. The van der Waals surface area contributed by atoms with Gasteiger partial charge in [-0.2, -0.15) is 0 Å². The molecule has 0 amide bonds. The van der Waals surface area contributed by atoms with E-state index in [0.717, 1.165) is 5.56 Å². The van der Waals surface area contributed by atoms with Gasteiger partial charge in [-0.1, -0.05) is 63.2 Å². The van der Waals surface area contributed by atoms with E-state index in [1.165, 1.54) is 12.1 Å². The number of aliphatic hydroxyl groups excluding tert-OH is 1. The van der Waals surface area contributed by atoms with E-state index in [1.54, 1.807) is 32.9 Å². The van der Waals surface area contributed by atoms with Gasteiger partial charge >= 0.3 is 6.16 Å². The number of ether oxygens (including phenoxy) is 3. The minimum absolute atomic E-state index is 0.0187. The molecule has 1 heterocycles. The lowest BCUT2D eigenvalue weighted by Gasteiger charge is -2.55. The number of nitrogens with zero attached hydrogens (tertiary/aromatic N) is 2. The zero-order chi connectivity index (χ0) is 40.7. The van der Waals surface area contributed by atoms with Crippen LogP contribution < -0.4 is 9.47 Å². The van der Waals surface area contributed by atoms with E-state index in [0.29, 0.717) is 10.9 Å². The van der Waals surface area contributed by atoms with E-state index in [4.69, 9.17) is 23.2 Å². The van der Waals surface area contributed by atoms with Crippen molar-refractivity contribution in [2.45, 2.75) is 96.4 Å². The normalized spacial score (nSPS) is 22.4. The number of carbonyl (C=O) groups is 3. The fourth-order valence-electron chi connectivity index (χ4n) is 8.13. The average Bonchev–Trinajstić information content (AvgIpc) is 3.51. The molecule has 0 unspecified atom stereocenters. The minimum atomic E-state index is -2.98. The van der Waals surface area contributed by atoms with Crippen LogP contribution in [0, 0.1) is 17.7 Å². The number of ketones is 2. The van der Waals surface area contributed by atoms with Gasteiger partial charge in [-0.25, -0.2) is 9.18 Å². The Labute approximate surface area is 326 Å². The lowest BCUT2D eigenvalue weighted by Crippen LogP contribution is -2.68. The zero-order valence-electron chi connectivity index (χ0n) is 33.5. The number of rotatable bonds is 7. The Morgan fingerprint density at radius 3 is 2.36 bits per heavy atom. The molecule has 4 aromatic rings. The second-order valence-electron chi connectivity index (χ2n) is 17.8. The summed E-state index contributed by atoms with van der Waals surface area (Å²) in [7, 11) is 0.722. The standard InChI is InChI=1S/C43H49FN2O9Si/c1-41(2,3)53-40(50)52-35-28-21-27(44)17-16-24(28)18-25-19-26-20-29-33(46(7)8)36-32(39(45-54-36)51-22-23-14-12-11-13-15-23)38(49)43(29,55-56(9,10)42(4,5)6)37(48)31(26)34(47)30(25)35/h11-18,21,26,29,33,47H,19-20,22H2,1-10H3/t26-,29-,33-,43-/m0/s1. The van der Waals surface area contributed by atoms with Gasteiger partial charge in [0.05, 0.1) is 11.6 Å². The Morgan fingerprint density at radius 1 is 1.02 bits per heavy atom. The number of hydrogen-bond donors (Lipinski definition) is 1. The summed E-state index contributed by atoms with van der Waals surface area (Å²) in [6, 6.07) is 14.6. The minimum Gasteiger partial charge on any atom is -0.507 e. The van der Waals surface area contributed by atoms with Gasteiger partial charge in [0.15, 0.2) is 25.4 Å². The van der Waals surface area contributed by atoms with Crippen molar-refractivity contribution in [3.8, 4) is 11.6 Å². The highest BCUT2D eigenvalue weighted by atomic mass is 28.4. The highest BCUT2D eigenvalue weighted by molar-refractivity contribution is 6.74. The van der Waals surface area contributed by atoms with Crippen molar-refractivity contribution in [2.24, 2.45) is 11.8 Å². The largest absolute Gasteiger partial charge is 0.514 e. The molecule has 3 aliphatic rings. The number of aliphatic hydroxyl groups is 1. The molecular formula is C43H49FN2O9Si. The van der Waals surface area contributed by atoms with Gasteiger partial charge in [0.2, 0.25) is 11.6 Å². The van der Waals surface area contributed by atoms with Crippen LogP contribution >= 0.6 is 0 Å². The summed E-state index contributed by atoms with van der Waals surface area (Å²) >= 11 is 0. The van der Waals surface area contributed by atoms with Crippen LogP contribution in [0.2, 0.25) is 18.1 Å². The maximum Gasteiger partial charge on any atom is 0.514 e. The van der Waals surface area contributed by atoms with Crippen molar-refractivity contribution < 1.29 is 47.0 Å². The number of halogens is 1. The summed E-state index contributed by atoms with van der Waals surface area (Å²) in [4.78, 5) is 46.3. The first-order valence-corrected chi connectivity index (χ1v) is 21.8. The maximum absolute atomic E-state index is 15.7. The predicted octanol–water partition coefficient (Wildman–Crippen LogP) is 9.15. The van der Waals surface area contributed by atoms with Crippen molar-refractivity contribution >= 4 is 42.6 Å². The summed E-state index contributed by atoms with van der Waals surface area (Å²) in [6.45, 7) is 15.1. The third kappa shape index (κ3) is 6.52. The van der Waals surface area contributed by atoms with E-state index in [-0.39, 0.29) is 58.9 Å². The molecule has 3 aromatic carbocycles. The highest BCUT2D eigenvalue weighted by Crippen LogP contribution is 2.59. The Morgan fingerprint density at radius 2 is 1.71 bits per heavy atom. The van der Waals surface area contributed by atoms with Crippen molar-refractivity contribution in [1.82, 2.24) is 10.1 Å². The molecule has 7 rings (SSSR count). The van der Waals surface area contributed by atoms with Crippen molar-refractivity contribution in [3.05, 3.63) is 94.0 Å². The number of aromatic nitrogens is 1. The summed E-state index contributed by atoms with van der Waals surface area (Å²) in [5, 5.41) is 17.0. The molecule has 1 aromatic heterocycles. The maximum atomic E-state index is 15.7. The molecule has 0 spiro atoms. The third-order valence-corrected chi connectivity index (χ3v) is 16.1. The molecule has 11 nitrogen and oxygen atoms in total. The molecule has 0 aliphatic heterocycles. The molecule has 4 atom stereocenters. The van der Waals surface area contributed by atoms with Crippen LogP contribution in [0.3, 0.4) is 0 Å². The smallest absolute Gasteiger partial charge is 0.507 e.